The van der Waals surface area contributed by atoms with Crippen LogP contribution in [0.2, 0.25) is 0 Å². The van der Waals surface area contributed by atoms with E-state index in [-0.39, 0.29) is 23.2 Å². The predicted molar refractivity (Wildman–Crippen MR) is 184 cm³/mol. The summed E-state index contributed by atoms with van der Waals surface area (Å²) >= 11 is 0. The third-order valence-electron chi connectivity index (χ3n) is 8.43. The van der Waals surface area contributed by atoms with Crippen LogP contribution in [0.1, 0.15) is 54.0 Å². The summed E-state index contributed by atoms with van der Waals surface area (Å²) in [5.41, 5.74) is 24.1. The Morgan fingerprint density at radius 2 is 1.62 bits per heavy atom. The molecular weight excluding hydrogens is 593 g/mol. The maximum Gasteiger partial charge on any atom is 0.240 e. The van der Waals surface area contributed by atoms with E-state index < -0.39 is 6.04 Å². The number of carbonyl (C=O) groups excluding carboxylic acids is 1. The minimum Gasteiger partial charge on any atom is -0.497 e. The van der Waals surface area contributed by atoms with Crippen LogP contribution in [0, 0.1) is 10.9 Å². The first kappa shape index (κ1) is 34.9. The lowest BCUT2D eigenvalue weighted by molar-refractivity contribution is -0.135. The quantitative estimate of drug-likeness (QED) is 0.0763. The number of nitrogens with zero attached hydrogens (tertiary/aromatic N) is 2. The molecule has 5 rings (SSSR count). The van der Waals surface area contributed by atoms with E-state index in [1.807, 2.05) is 73.3 Å². The SMILES string of the molecule is COc1ccc(C2Cc3ccccc3CN(Cc3ccc(-c4ccccc4C(=N)N)cc3)C(=O)C2NCCC(C)(C)N)cc1.N=NF. The summed E-state index contributed by atoms with van der Waals surface area (Å²) in [6.45, 7) is 5.65. The third-order valence-corrected chi connectivity index (χ3v) is 8.43. The van der Waals surface area contributed by atoms with Gasteiger partial charge in [0.25, 0.3) is 0 Å². The van der Waals surface area contributed by atoms with Crippen LogP contribution in [0.15, 0.2) is 102 Å². The second kappa shape index (κ2) is 16.1. The molecule has 246 valence electrons. The predicted octanol–water partition coefficient (Wildman–Crippen LogP) is 6.50. The lowest BCUT2D eigenvalue weighted by Gasteiger charge is -2.37. The van der Waals surface area contributed by atoms with Crippen molar-refractivity contribution in [2.75, 3.05) is 13.7 Å². The van der Waals surface area contributed by atoms with Crippen LogP contribution in [0.25, 0.3) is 11.1 Å². The largest absolute Gasteiger partial charge is 0.497 e. The number of rotatable bonds is 10. The Hall–Kier alpha value is -4.93. The molecule has 0 saturated carbocycles. The summed E-state index contributed by atoms with van der Waals surface area (Å²) in [5, 5.41) is 12.9. The Morgan fingerprint density at radius 3 is 2.23 bits per heavy atom. The van der Waals surface area contributed by atoms with Crippen LogP contribution in [0.3, 0.4) is 0 Å². The maximum atomic E-state index is 14.6. The van der Waals surface area contributed by atoms with Gasteiger partial charge in [0, 0.05) is 35.4 Å². The fraction of sp³-hybridized carbons (Fsp3) is 0.297. The van der Waals surface area contributed by atoms with Crippen molar-refractivity contribution in [3.63, 3.8) is 0 Å². The zero-order valence-electron chi connectivity index (χ0n) is 27.2. The Balaban J connectivity index is 0.00000160. The van der Waals surface area contributed by atoms with Gasteiger partial charge >= 0.3 is 0 Å². The van der Waals surface area contributed by atoms with E-state index in [4.69, 9.17) is 27.1 Å². The van der Waals surface area contributed by atoms with Gasteiger partial charge in [-0.15, -0.1) is 0 Å². The molecule has 0 radical (unpaired) electrons. The van der Waals surface area contributed by atoms with Crippen molar-refractivity contribution in [3.8, 4) is 16.9 Å². The molecule has 10 heteroatoms. The normalized spacial score (nSPS) is 16.2. The topological polar surface area (TPSA) is 154 Å². The van der Waals surface area contributed by atoms with Crippen molar-refractivity contribution in [2.24, 2.45) is 16.8 Å². The molecule has 4 aromatic rings. The average molecular weight is 638 g/mol. The van der Waals surface area contributed by atoms with Crippen LogP contribution in [0.4, 0.5) is 4.48 Å². The maximum absolute atomic E-state index is 14.6. The summed E-state index contributed by atoms with van der Waals surface area (Å²) < 4.78 is 15.0. The zero-order valence-corrected chi connectivity index (χ0v) is 27.2. The molecule has 0 saturated heterocycles. The lowest BCUT2D eigenvalue weighted by atomic mass is 9.82. The highest BCUT2D eigenvalue weighted by atomic mass is 19.2. The van der Waals surface area contributed by atoms with E-state index in [1.165, 1.54) is 10.9 Å². The molecular formula is C37H44FN7O2. The number of nitrogens with two attached hydrogens (primary N) is 2. The van der Waals surface area contributed by atoms with Crippen LogP contribution in [0.5, 0.6) is 5.75 Å². The van der Waals surface area contributed by atoms with Gasteiger partial charge in [-0.3, -0.25) is 10.2 Å². The zero-order chi connectivity index (χ0) is 34.0. The molecule has 1 amide bonds. The van der Waals surface area contributed by atoms with Crippen molar-refractivity contribution < 1.29 is 14.0 Å². The molecule has 0 aromatic heterocycles. The second-order valence-electron chi connectivity index (χ2n) is 12.5. The van der Waals surface area contributed by atoms with Crippen molar-refractivity contribution in [1.29, 1.82) is 10.9 Å². The van der Waals surface area contributed by atoms with Gasteiger partial charge in [0.15, 0.2) is 0 Å². The van der Waals surface area contributed by atoms with Gasteiger partial charge in [0.2, 0.25) is 5.91 Å². The highest BCUT2D eigenvalue weighted by molar-refractivity contribution is 6.01. The first-order chi connectivity index (χ1) is 22.5. The number of benzene rings is 4. The first-order valence-electron chi connectivity index (χ1n) is 15.6. The van der Waals surface area contributed by atoms with Crippen molar-refractivity contribution >= 4 is 11.7 Å². The molecule has 2 unspecified atom stereocenters. The Kier molecular flexibility index (Phi) is 11.9. The summed E-state index contributed by atoms with van der Waals surface area (Å²) in [5.74, 6) is 0.819. The van der Waals surface area contributed by atoms with Gasteiger partial charge in [0.05, 0.1) is 13.2 Å². The Bertz CT molecular complexity index is 1650. The van der Waals surface area contributed by atoms with E-state index in [2.05, 4.69) is 47.8 Å². The van der Waals surface area contributed by atoms with Crippen molar-refractivity contribution in [3.05, 3.63) is 125 Å². The summed E-state index contributed by atoms with van der Waals surface area (Å²) in [6.07, 6.45) is 1.49. The number of amides is 1. The summed E-state index contributed by atoms with van der Waals surface area (Å²) in [4.78, 5) is 16.5. The number of methoxy groups -OCH3 is 1. The highest BCUT2D eigenvalue weighted by Crippen LogP contribution is 2.33. The summed E-state index contributed by atoms with van der Waals surface area (Å²) in [6, 6.07) is 32.0. The Labute approximate surface area is 276 Å². The number of hydrogen-bond donors (Lipinski definition) is 5. The number of ether oxygens (including phenoxy) is 1. The standard InChI is InChI=1S/C37H43N5O2.FHN2/c1-37(2,40)20-21-41-34-33(27-16-18-30(44-3)19-17-27)22-28-8-4-5-9-29(28)24-42(36(34)43)23-25-12-14-26(15-13-25)31-10-6-7-11-32(31)35(38)39;1-3-2/h4-19,33-34,41H,20-24,40H2,1-3H3,(H3,38,39);2H. The minimum absolute atomic E-state index is 0.0394. The molecule has 4 aromatic carbocycles. The Morgan fingerprint density at radius 1 is 1.00 bits per heavy atom. The van der Waals surface area contributed by atoms with Crippen molar-refractivity contribution in [2.45, 2.75) is 57.3 Å². The van der Waals surface area contributed by atoms with Crippen LogP contribution in [-0.4, -0.2) is 41.9 Å². The van der Waals surface area contributed by atoms with Crippen LogP contribution < -0.4 is 21.5 Å². The van der Waals surface area contributed by atoms with Gasteiger partial charge in [-0.2, -0.15) is 5.53 Å². The van der Waals surface area contributed by atoms with Gasteiger partial charge in [0.1, 0.15) is 11.6 Å². The summed E-state index contributed by atoms with van der Waals surface area (Å²) in [7, 11) is 1.66. The molecule has 2 atom stereocenters. The first-order valence-corrected chi connectivity index (χ1v) is 15.6. The van der Waals surface area contributed by atoms with E-state index in [0.717, 1.165) is 46.4 Å². The minimum atomic E-state index is -0.430. The second-order valence-corrected chi connectivity index (χ2v) is 12.5. The fourth-order valence-corrected chi connectivity index (χ4v) is 5.97. The average Bonchev–Trinajstić information content (AvgIpc) is 3.06. The number of fused-ring (bicyclic) bond motifs is 1. The molecule has 47 heavy (non-hydrogen) atoms. The molecule has 0 aliphatic carbocycles. The molecule has 1 aliphatic heterocycles. The highest BCUT2D eigenvalue weighted by Gasteiger charge is 2.35. The fourth-order valence-electron chi connectivity index (χ4n) is 5.97. The molecule has 1 aliphatic rings. The van der Waals surface area contributed by atoms with Crippen LogP contribution >= 0.6 is 0 Å². The molecule has 0 bridgehead atoms. The number of nitrogens with one attached hydrogen (secondary N) is 3. The molecule has 0 fully saturated rings. The van der Waals surface area contributed by atoms with Crippen molar-refractivity contribution in [1.82, 2.24) is 10.2 Å². The van der Waals surface area contributed by atoms with E-state index >= 15 is 0 Å². The number of amidine groups is 1. The van der Waals surface area contributed by atoms with Crippen LogP contribution in [-0.2, 0) is 24.3 Å². The number of nitrogen functional groups attached to an aromatic ring is 1. The lowest BCUT2D eigenvalue weighted by Crippen LogP contribution is -2.52. The molecule has 9 nitrogen and oxygen atoms in total. The molecule has 0 spiro atoms. The van der Waals surface area contributed by atoms with Gasteiger partial charge in [-0.25, -0.2) is 0 Å². The number of halogens is 1. The van der Waals surface area contributed by atoms with E-state index in [9.17, 15) is 9.28 Å². The van der Waals surface area contributed by atoms with Gasteiger partial charge in [-0.05, 0) is 78.7 Å². The number of hydrogen-bond acceptors (Lipinski definition) is 7. The molecule has 1 heterocycles. The third kappa shape index (κ3) is 9.31. The van der Waals surface area contributed by atoms with Gasteiger partial charge < -0.3 is 26.4 Å². The number of carbonyl (C=O) groups is 1. The monoisotopic (exact) mass is 637 g/mol. The smallest absolute Gasteiger partial charge is 0.240 e. The van der Waals surface area contributed by atoms with E-state index in [0.29, 0.717) is 25.2 Å². The van der Waals surface area contributed by atoms with E-state index in [1.54, 1.807) is 7.11 Å². The molecule has 7 N–H and O–H groups in total. The van der Waals surface area contributed by atoms with Gasteiger partial charge in [-0.1, -0.05) is 89.4 Å².